The maximum atomic E-state index is 8.30. The smallest absolute Gasteiger partial charge is 0.0698 e. The van der Waals surface area contributed by atoms with Crippen molar-refractivity contribution in [2.24, 2.45) is 0 Å². The van der Waals surface area contributed by atoms with Crippen molar-refractivity contribution < 1.29 is 14.6 Å². The maximum absolute atomic E-state index is 8.30. The predicted molar refractivity (Wildman–Crippen MR) is 38.6 cm³/mol. The Labute approximate surface area is 58.4 Å². The topological polar surface area (TPSA) is 38.7 Å². The molecule has 0 saturated carbocycles. The third-order valence-electron chi connectivity index (χ3n) is 0.991. The van der Waals surface area contributed by atoms with Crippen LogP contribution in [0.2, 0.25) is 0 Å². The molecule has 0 aliphatic rings. The van der Waals surface area contributed by atoms with Gasteiger partial charge in [-0.15, -0.1) is 0 Å². The average Bonchev–Trinajstić information content (AvgIpc) is 1.89. The van der Waals surface area contributed by atoms with Gasteiger partial charge in [-0.3, -0.25) is 0 Å². The molecule has 4 heteroatoms. The van der Waals surface area contributed by atoms with E-state index in [9.17, 15) is 0 Å². The van der Waals surface area contributed by atoms with Gasteiger partial charge in [0.25, 0.3) is 0 Å². The van der Waals surface area contributed by atoms with Crippen molar-refractivity contribution in [3.63, 3.8) is 0 Å². The second kappa shape index (κ2) is 6.22. The van der Waals surface area contributed by atoms with E-state index in [1.165, 1.54) is 0 Å². The molecule has 0 aromatic carbocycles. The fraction of sp³-hybridized carbons (Fsp3) is 1.00. The Morgan fingerprint density at radius 1 is 1.67 bits per heavy atom. The lowest BCUT2D eigenvalue weighted by atomic mass is 10.7. The lowest BCUT2D eigenvalue weighted by Gasteiger charge is -2.08. The fourth-order valence-electron chi connectivity index (χ4n) is 0.382. The Balaban J connectivity index is 2.88. The van der Waals surface area contributed by atoms with Crippen LogP contribution < -0.4 is 0 Å². The van der Waals surface area contributed by atoms with Gasteiger partial charge in [0.2, 0.25) is 0 Å². The SMILES string of the molecule is COC([SiH3])COCCO. The van der Waals surface area contributed by atoms with Crippen molar-refractivity contribution >= 4 is 10.2 Å². The summed E-state index contributed by atoms with van der Waals surface area (Å²) >= 11 is 0. The van der Waals surface area contributed by atoms with Crippen LogP contribution in [0.4, 0.5) is 0 Å². The predicted octanol–water partition coefficient (Wildman–Crippen LogP) is -1.67. The van der Waals surface area contributed by atoms with Crippen LogP contribution in [0.25, 0.3) is 0 Å². The zero-order chi connectivity index (χ0) is 7.11. The largest absolute Gasteiger partial charge is 0.394 e. The van der Waals surface area contributed by atoms with Crippen LogP contribution in [0.15, 0.2) is 0 Å². The highest BCUT2D eigenvalue weighted by Gasteiger charge is 1.96. The molecule has 0 aromatic rings. The highest BCUT2D eigenvalue weighted by molar-refractivity contribution is 6.11. The van der Waals surface area contributed by atoms with Gasteiger partial charge < -0.3 is 14.6 Å². The van der Waals surface area contributed by atoms with E-state index < -0.39 is 0 Å². The molecule has 0 fully saturated rings. The van der Waals surface area contributed by atoms with Gasteiger partial charge in [0, 0.05) is 17.4 Å². The van der Waals surface area contributed by atoms with Crippen molar-refractivity contribution in [3.05, 3.63) is 0 Å². The number of hydrogen-bond acceptors (Lipinski definition) is 3. The van der Waals surface area contributed by atoms with Gasteiger partial charge >= 0.3 is 0 Å². The summed E-state index contributed by atoms with van der Waals surface area (Å²) in [5.41, 5.74) is 0.261. The first kappa shape index (κ1) is 9.10. The van der Waals surface area contributed by atoms with E-state index in [1.807, 2.05) is 0 Å². The molecule has 1 N–H and O–H groups in total. The minimum absolute atomic E-state index is 0.0952. The minimum Gasteiger partial charge on any atom is -0.394 e. The monoisotopic (exact) mass is 150 g/mol. The molecule has 0 spiro atoms. The summed E-state index contributed by atoms with van der Waals surface area (Å²) < 4.78 is 9.95. The van der Waals surface area contributed by atoms with Gasteiger partial charge in [-0.2, -0.15) is 0 Å². The summed E-state index contributed by atoms with van der Waals surface area (Å²) in [6, 6.07) is 0. The van der Waals surface area contributed by atoms with Crippen LogP contribution in [0.1, 0.15) is 0 Å². The van der Waals surface area contributed by atoms with E-state index in [0.29, 0.717) is 13.2 Å². The Morgan fingerprint density at radius 3 is 2.78 bits per heavy atom. The molecule has 0 aromatic heterocycles. The number of methoxy groups -OCH3 is 1. The quantitative estimate of drug-likeness (QED) is 0.376. The van der Waals surface area contributed by atoms with Crippen molar-refractivity contribution in [1.29, 1.82) is 0 Å². The van der Waals surface area contributed by atoms with Gasteiger partial charge in [0.15, 0.2) is 0 Å². The molecule has 56 valence electrons. The highest BCUT2D eigenvalue weighted by Crippen LogP contribution is 1.83. The van der Waals surface area contributed by atoms with Crippen LogP contribution in [0.5, 0.6) is 0 Å². The maximum Gasteiger partial charge on any atom is 0.0698 e. The van der Waals surface area contributed by atoms with Crippen molar-refractivity contribution in [2.45, 2.75) is 5.73 Å². The molecular weight excluding hydrogens is 136 g/mol. The summed E-state index contributed by atoms with van der Waals surface area (Å²) in [7, 11) is 2.64. The van der Waals surface area contributed by atoms with Crippen LogP contribution in [0.3, 0.4) is 0 Å². The first-order chi connectivity index (χ1) is 4.31. The van der Waals surface area contributed by atoms with Crippen LogP contribution in [-0.2, 0) is 9.47 Å². The van der Waals surface area contributed by atoms with Gasteiger partial charge in [-0.1, -0.05) is 0 Å². The van der Waals surface area contributed by atoms with Crippen LogP contribution in [0, 0.1) is 0 Å². The van der Waals surface area contributed by atoms with Crippen LogP contribution in [-0.4, -0.2) is 48.0 Å². The Bertz CT molecular complexity index is 60.2. The molecule has 0 aliphatic heterocycles. The van der Waals surface area contributed by atoms with E-state index in [4.69, 9.17) is 14.6 Å². The van der Waals surface area contributed by atoms with Gasteiger partial charge in [-0.05, 0) is 0 Å². The summed E-state index contributed by atoms with van der Waals surface area (Å²) in [5, 5.41) is 8.30. The summed E-state index contributed by atoms with van der Waals surface area (Å²) in [5.74, 6) is 0. The molecule has 9 heavy (non-hydrogen) atoms. The molecule has 0 bridgehead atoms. The first-order valence-corrected chi connectivity index (χ1v) is 4.18. The standard InChI is InChI=1S/C5H14O3Si/c1-7-5(9)4-8-3-2-6/h5-6H,2-4H2,1,9H3. The molecule has 0 radical (unpaired) electrons. The number of rotatable bonds is 5. The molecule has 3 nitrogen and oxygen atoms in total. The second-order valence-electron chi connectivity index (χ2n) is 1.84. The first-order valence-electron chi connectivity index (χ1n) is 3.02. The van der Waals surface area contributed by atoms with E-state index in [1.54, 1.807) is 7.11 Å². The Hall–Kier alpha value is 0.0969. The third-order valence-corrected chi connectivity index (χ3v) is 1.80. The number of aliphatic hydroxyl groups excluding tert-OH is 1. The molecule has 0 saturated heterocycles. The summed E-state index contributed by atoms with van der Waals surface area (Å²) in [6.45, 7) is 1.13. The molecule has 0 aliphatic carbocycles. The zero-order valence-electron chi connectivity index (χ0n) is 5.96. The summed E-state index contributed by atoms with van der Waals surface area (Å²) in [4.78, 5) is 0. The molecule has 1 atom stereocenters. The van der Waals surface area contributed by atoms with Crippen molar-refractivity contribution in [1.82, 2.24) is 0 Å². The number of aliphatic hydroxyl groups is 1. The fourth-order valence-corrected chi connectivity index (χ4v) is 0.618. The van der Waals surface area contributed by atoms with Gasteiger partial charge in [-0.25, -0.2) is 0 Å². The van der Waals surface area contributed by atoms with Crippen LogP contribution >= 0.6 is 0 Å². The minimum atomic E-state index is 0.0952. The normalized spacial score (nSPS) is 14.0. The molecule has 0 rings (SSSR count). The molecule has 1 unspecified atom stereocenters. The zero-order valence-corrected chi connectivity index (χ0v) is 7.96. The van der Waals surface area contributed by atoms with Crippen molar-refractivity contribution in [2.75, 3.05) is 26.9 Å². The Morgan fingerprint density at radius 2 is 2.33 bits per heavy atom. The van der Waals surface area contributed by atoms with E-state index >= 15 is 0 Å². The summed E-state index contributed by atoms with van der Waals surface area (Å²) in [6.07, 6.45) is 0. The van der Waals surface area contributed by atoms with Gasteiger partial charge in [0.1, 0.15) is 0 Å². The highest BCUT2D eigenvalue weighted by atomic mass is 28.1. The molecule has 0 heterocycles. The number of ether oxygens (including phenoxy) is 2. The van der Waals surface area contributed by atoms with Gasteiger partial charge in [0.05, 0.1) is 25.5 Å². The lowest BCUT2D eigenvalue weighted by molar-refractivity contribution is 0.0329. The van der Waals surface area contributed by atoms with E-state index in [2.05, 4.69) is 0 Å². The second-order valence-corrected chi connectivity index (χ2v) is 3.13. The third kappa shape index (κ3) is 5.98. The molecular formula is C5H14O3Si. The van der Waals surface area contributed by atoms with Crippen molar-refractivity contribution in [3.8, 4) is 0 Å². The number of hydrogen-bond donors (Lipinski definition) is 1. The van der Waals surface area contributed by atoms with E-state index in [-0.39, 0.29) is 12.3 Å². The average molecular weight is 150 g/mol. The van der Waals surface area contributed by atoms with E-state index in [0.717, 1.165) is 10.2 Å². The lowest BCUT2D eigenvalue weighted by Crippen LogP contribution is -2.18. The molecule has 0 amide bonds. The Kier molecular flexibility index (Phi) is 6.29.